The topological polar surface area (TPSA) is 106 Å². The summed E-state index contributed by atoms with van der Waals surface area (Å²) < 4.78 is 1.41. The van der Waals surface area contributed by atoms with Gasteiger partial charge in [0.25, 0.3) is 11.2 Å². The Labute approximate surface area is 192 Å². The van der Waals surface area contributed by atoms with Crippen molar-refractivity contribution >= 4 is 22.9 Å². The highest BCUT2D eigenvalue weighted by molar-refractivity contribution is 6.30. The third-order valence-corrected chi connectivity index (χ3v) is 5.55. The Bertz CT molecular complexity index is 1530. The molecule has 3 aromatic heterocycles. The van der Waals surface area contributed by atoms with E-state index in [2.05, 4.69) is 10.1 Å². The predicted octanol–water partition coefficient (Wildman–Crippen LogP) is 4.90. The Morgan fingerprint density at radius 3 is 2.42 bits per heavy atom. The first-order valence-corrected chi connectivity index (χ1v) is 10.4. The summed E-state index contributed by atoms with van der Waals surface area (Å²) in [6.45, 7) is 0. The van der Waals surface area contributed by atoms with Crippen LogP contribution in [0.2, 0.25) is 5.02 Å². The van der Waals surface area contributed by atoms with Crippen molar-refractivity contribution < 1.29 is 4.92 Å². The number of non-ortho nitro benzene ring substituents is 1. The Morgan fingerprint density at radius 2 is 1.76 bits per heavy atom. The summed E-state index contributed by atoms with van der Waals surface area (Å²) in [5.41, 5.74) is 4.58. The van der Waals surface area contributed by atoms with Gasteiger partial charge in [-0.1, -0.05) is 29.8 Å². The molecule has 0 saturated carbocycles. The smallest absolute Gasteiger partial charge is 0.273 e. The number of benzene rings is 2. The van der Waals surface area contributed by atoms with E-state index >= 15 is 0 Å². The molecule has 0 aliphatic carbocycles. The van der Waals surface area contributed by atoms with Gasteiger partial charge in [-0.15, -0.1) is 0 Å². The fourth-order valence-corrected chi connectivity index (χ4v) is 3.87. The average Bonchev–Trinajstić information content (AvgIpc) is 3.19. The van der Waals surface area contributed by atoms with Gasteiger partial charge in [0.05, 0.1) is 10.6 Å². The molecule has 0 aliphatic rings. The number of nitro groups is 1. The van der Waals surface area contributed by atoms with Gasteiger partial charge < -0.3 is 0 Å². The molecule has 1 N–H and O–H groups in total. The average molecular weight is 458 g/mol. The maximum Gasteiger partial charge on any atom is 0.273 e. The molecule has 9 heteroatoms. The zero-order valence-corrected chi connectivity index (χ0v) is 17.9. The molecule has 33 heavy (non-hydrogen) atoms. The summed E-state index contributed by atoms with van der Waals surface area (Å²) in [7, 11) is 0. The first-order chi connectivity index (χ1) is 16.0. The lowest BCUT2D eigenvalue weighted by Crippen LogP contribution is -2.14. The lowest BCUT2D eigenvalue weighted by molar-refractivity contribution is -0.384. The van der Waals surface area contributed by atoms with E-state index in [0.29, 0.717) is 28.3 Å². The zero-order chi connectivity index (χ0) is 22.9. The number of H-pyrrole nitrogens is 1. The van der Waals surface area contributed by atoms with Crippen LogP contribution in [0.5, 0.6) is 0 Å². The van der Waals surface area contributed by atoms with Crippen molar-refractivity contribution in [3.63, 3.8) is 0 Å². The highest BCUT2D eigenvalue weighted by Crippen LogP contribution is 2.31. The minimum atomic E-state index is -0.467. The van der Waals surface area contributed by atoms with E-state index in [1.807, 2.05) is 24.3 Å². The van der Waals surface area contributed by atoms with Crippen LogP contribution >= 0.6 is 11.6 Å². The van der Waals surface area contributed by atoms with E-state index < -0.39 is 4.92 Å². The van der Waals surface area contributed by atoms with Gasteiger partial charge >= 0.3 is 0 Å². The molecule has 162 valence electrons. The number of hydrogen-bond acceptors (Lipinski definition) is 5. The lowest BCUT2D eigenvalue weighted by Gasteiger charge is -2.05. The second kappa shape index (κ2) is 8.33. The monoisotopic (exact) mass is 457 g/mol. The van der Waals surface area contributed by atoms with Crippen molar-refractivity contribution in [2.75, 3.05) is 0 Å². The number of fused-ring (bicyclic) bond motifs is 1. The molecule has 2 aromatic carbocycles. The first kappa shape index (κ1) is 20.6. The molecule has 0 radical (unpaired) electrons. The Morgan fingerprint density at radius 1 is 1.03 bits per heavy atom. The molecule has 0 bridgehead atoms. The van der Waals surface area contributed by atoms with Crippen molar-refractivity contribution in [3.05, 3.63) is 116 Å². The maximum absolute atomic E-state index is 13.0. The first-order valence-electron chi connectivity index (χ1n) is 10.0. The molecule has 0 unspecified atom stereocenters. The lowest BCUT2D eigenvalue weighted by atomic mass is 10.0. The van der Waals surface area contributed by atoms with Crippen molar-refractivity contribution in [1.82, 2.24) is 19.6 Å². The van der Waals surface area contributed by atoms with Crippen LogP contribution in [-0.4, -0.2) is 24.5 Å². The Kier molecular flexibility index (Phi) is 5.20. The number of aromatic amines is 1. The Hall–Kier alpha value is -4.30. The second-order valence-electron chi connectivity index (χ2n) is 7.45. The van der Waals surface area contributed by atoms with Gasteiger partial charge in [0, 0.05) is 58.9 Å². The van der Waals surface area contributed by atoms with Gasteiger partial charge in [-0.05, 0) is 41.5 Å². The normalized spacial score (nSPS) is 11.1. The number of aromatic nitrogens is 4. The molecule has 0 atom stereocenters. The van der Waals surface area contributed by atoms with Gasteiger partial charge in [-0.3, -0.25) is 25.0 Å². The summed E-state index contributed by atoms with van der Waals surface area (Å²) in [6.07, 6.45) is 3.99. The fraction of sp³-hybridized carbons (Fsp3) is 0.0417. The molecule has 0 saturated heterocycles. The molecule has 8 nitrogen and oxygen atoms in total. The van der Waals surface area contributed by atoms with Crippen LogP contribution in [0.3, 0.4) is 0 Å². The van der Waals surface area contributed by atoms with E-state index in [1.54, 1.807) is 36.7 Å². The molecule has 5 aromatic rings. The largest absolute Gasteiger partial charge is 0.293 e. The molecule has 0 fully saturated rings. The summed E-state index contributed by atoms with van der Waals surface area (Å²) in [4.78, 5) is 32.4. The highest BCUT2D eigenvalue weighted by atomic mass is 35.5. The Balaban J connectivity index is 1.71. The molecule has 0 amide bonds. The summed E-state index contributed by atoms with van der Waals surface area (Å²) in [5, 5.41) is 14.8. The van der Waals surface area contributed by atoms with Crippen LogP contribution in [0.1, 0.15) is 11.3 Å². The number of rotatable bonds is 5. The third kappa shape index (κ3) is 3.99. The van der Waals surface area contributed by atoms with Crippen LogP contribution in [0.15, 0.2) is 83.9 Å². The quantitative estimate of drug-likeness (QED) is 0.298. The van der Waals surface area contributed by atoms with Crippen molar-refractivity contribution in [2.45, 2.75) is 6.42 Å². The van der Waals surface area contributed by atoms with Crippen LogP contribution in [-0.2, 0) is 6.42 Å². The van der Waals surface area contributed by atoms with Gasteiger partial charge in [0.15, 0.2) is 5.65 Å². The van der Waals surface area contributed by atoms with Gasteiger partial charge in [0.1, 0.15) is 0 Å². The highest BCUT2D eigenvalue weighted by Gasteiger charge is 2.18. The van der Waals surface area contributed by atoms with Gasteiger partial charge in [0.2, 0.25) is 0 Å². The predicted molar refractivity (Wildman–Crippen MR) is 125 cm³/mol. The summed E-state index contributed by atoms with van der Waals surface area (Å²) in [6, 6.07) is 18.5. The number of pyridine rings is 1. The summed E-state index contributed by atoms with van der Waals surface area (Å²) in [5.74, 6) is 0. The molecular formula is C24H16ClN5O3. The van der Waals surface area contributed by atoms with Gasteiger partial charge in [-0.25, -0.2) is 9.50 Å². The van der Waals surface area contributed by atoms with E-state index in [1.165, 1.54) is 22.7 Å². The number of nitro benzene ring substituents is 1. The second-order valence-corrected chi connectivity index (χ2v) is 7.89. The van der Waals surface area contributed by atoms with E-state index in [0.717, 1.165) is 22.4 Å². The number of hydrogen-bond donors (Lipinski definition) is 1. The number of nitrogens with one attached hydrogen (secondary N) is 1. The van der Waals surface area contributed by atoms with Crippen LogP contribution in [0, 0.1) is 10.1 Å². The molecule has 0 aliphatic heterocycles. The maximum atomic E-state index is 13.0. The van der Waals surface area contributed by atoms with Crippen LogP contribution in [0.25, 0.3) is 28.0 Å². The molecule has 3 heterocycles. The SMILES string of the molecule is O=c1cc(-c2ccc([N+](=O)[O-])cc2)nc2c(-c3ccc(Cl)cc3)c(Cc3cccnc3)[nH]n12. The van der Waals surface area contributed by atoms with Crippen LogP contribution < -0.4 is 5.56 Å². The molecular weight excluding hydrogens is 442 g/mol. The minimum absolute atomic E-state index is 0.0289. The van der Waals surface area contributed by atoms with Crippen molar-refractivity contribution in [3.8, 4) is 22.4 Å². The summed E-state index contributed by atoms with van der Waals surface area (Å²) >= 11 is 6.09. The van der Waals surface area contributed by atoms with E-state index in [9.17, 15) is 14.9 Å². The van der Waals surface area contributed by atoms with Crippen molar-refractivity contribution in [2.24, 2.45) is 0 Å². The minimum Gasteiger partial charge on any atom is -0.293 e. The number of halogens is 1. The third-order valence-electron chi connectivity index (χ3n) is 5.30. The standard InChI is InChI=1S/C24H16ClN5O3/c25-18-7-3-17(4-8-18)23-21(12-15-2-1-11-26-14-15)28-29-22(31)13-20(27-24(23)29)16-5-9-19(10-6-16)30(32)33/h1-11,13-14,28H,12H2. The van der Waals surface area contributed by atoms with E-state index in [-0.39, 0.29) is 11.2 Å². The molecule has 0 spiro atoms. The molecule has 5 rings (SSSR count). The van der Waals surface area contributed by atoms with Crippen LogP contribution in [0.4, 0.5) is 5.69 Å². The van der Waals surface area contributed by atoms with Gasteiger partial charge in [-0.2, -0.15) is 0 Å². The fourth-order valence-electron chi connectivity index (χ4n) is 3.74. The number of nitrogens with zero attached hydrogens (tertiary/aromatic N) is 4. The van der Waals surface area contributed by atoms with E-state index in [4.69, 9.17) is 16.6 Å². The zero-order valence-electron chi connectivity index (χ0n) is 17.1. The van der Waals surface area contributed by atoms with Crippen molar-refractivity contribution in [1.29, 1.82) is 0 Å².